The smallest absolute Gasteiger partial charge is 0.248 e. The van der Waals surface area contributed by atoms with Gasteiger partial charge < -0.3 is 31.4 Å². The molecule has 0 bridgehead atoms. The van der Waals surface area contributed by atoms with Crippen LogP contribution in [0.5, 0.6) is 5.75 Å². The van der Waals surface area contributed by atoms with E-state index in [0.717, 1.165) is 16.3 Å². The molecule has 0 unspecified atom stereocenters. The third-order valence-electron chi connectivity index (χ3n) is 7.32. The second kappa shape index (κ2) is 11.9. The first-order valence-corrected chi connectivity index (χ1v) is 13.4. The van der Waals surface area contributed by atoms with Crippen LogP contribution in [0.3, 0.4) is 0 Å². The average Bonchev–Trinajstić information content (AvgIpc) is 2.95. The maximum atomic E-state index is 13.9. The van der Waals surface area contributed by atoms with Crippen LogP contribution in [0.4, 0.5) is 0 Å². The summed E-state index contributed by atoms with van der Waals surface area (Å²) >= 11 is 0. The summed E-state index contributed by atoms with van der Waals surface area (Å²) in [6, 6.07) is 21.9. The number of carbonyl (C=O) groups is 3. The molecule has 9 nitrogen and oxygen atoms in total. The lowest BCUT2D eigenvalue weighted by Crippen LogP contribution is -2.63. The molecule has 9 heteroatoms. The molecule has 5 N–H and O–H groups in total. The third-order valence-corrected chi connectivity index (χ3v) is 7.32. The van der Waals surface area contributed by atoms with E-state index in [1.807, 2.05) is 72.8 Å². The summed E-state index contributed by atoms with van der Waals surface area (Å²) in [6.45, 7) is 3.26. The molecule has 3 aromatic carbocycles. The van der Waals surface area contributed by atoms with Crippen molar-refractivity contribution in [1.82, 2.24) is 15.5 Å². The highest BCUT2D eigenvalue weighted by atomic mass is 16.5. The van der Waals surface area contributed by atoms with Crippen molar-refractivity contribution < 1.29 is 19.1 Å². The number of hydrogen-bond acceptors (Lipinski definition) is 6. The molecule has 210 valence electrons. The number of nitrogens with one attached hydrogen (secondary N) is 3. The molecule has 1 saturated heterocycles. The van der Waals surface area contributed by atoms with Gasteiger partial charge in [-0.3, -0.25) is 14.4 Å². The van der Waals surface area contributed by atoms with Gasteiger partial charge in [0.05, 0.1) is 5.54 Å². The summed E-state index contributed by atoms with van der Waals surface area (Å²) in [5.41, 5.74) is 4.74. The van der Waals surface area contributed by atoms with Crippen LogP contribution < -0.4 is 21.1 Å². The second-order valence-corrected chi connectivity index (χ2v) is 10.9. The van der Waals surface area contributed by atoms with Crippen LogP contribution in [-0.4, -0.2) is 66.7 Å². The number of nitrogens with two attached hydrogens (primary N) is 1. The molecule has 3 amide bonds. The Kier molecular flexibility index (Phi) is 8.54. The van der Waals surface area contributed by atoms with E-state index in [1.165, 1.54) is 7.05 Å². The molecule has 1 aliphatic rings. The lowest BCUT2D eigenvalue weighted by atomic mass is 9.72. The standard InChI is InChI=1S/C31H37N5O4/c1-30(2,33)28(38)35-25(19-40-24-14-13-22-11-7-8-12-23(22)17-24)27(37)36-16-15-26(32)31(20-36,29(39)34-3)18-21-9-5-4-6-10-21/h4-14,17,25,32H,15-16,18-20,33H2,1-3H3,(H,34,39)(H,35,38)/t25-,31-/m1/s1. The fraction of sp³-hybridized carbons (Fsp3) is 0.355. The molecule has 0 aromatic heterocycles. The van der Waals surface area contributed by atoms with Gasteiger partial charge in [-0.05, 0) is 48.7 Å². The molecule has 2 atom stereocenters. The number of likely N-dealkylation sites (tertiary alicyclic amines) is 1. The molecule has 3 aromatic rings. The van der Waals surface area contributed by atoms with E-state index in [0.29, 0.717) is 5.75 Å². The Hall–Kier alpha value is -4.24. The van der Waals surface area contributed by atoms with E-state index in [9.17, 15) is 14.4 Å². The molecule has 1 fully saturated rings. The second-order valence-electron chi connectivity index (χ2n) is 10.9. The van der Waals surface area contributed by atoms with Gasteiger partial charge in [-0.1, -0.05) is 60.7 Å². The van der Waals surface area contributed by atoms with Gasteiger partial charge in [-0.2, -0.15) is 0 Å². The van der Waals surface area contributed by atoms with Crippen molar-refractivity contribution in [3.63, 3.8) is 0 Å². The first-order chi connectivity index (χ1) is 19.0. The fourth-order valence-electron chi connectivity index (χ4n) is 4.99. The van der Waals surface area contributed by atoms with Gasteiger partial charge in [-0.25, -0.2) is 0 Å². The molecule has 0 radical (unpaired) electrons. The highest BCUT2D eigenvalue weighted by Gasteiger charge is 2.48. The Balaban J connectivity index is 1.59. The third kappa shape index (κ3) is 6.31. The van der Waals surface area contributed by atoms with Gasteiger partial charge >= 0.3 is 0 Å². The number of rotatable bonds is 9. The zero-order valence-electron chi connectivity index (χ0n) is 23.2. The number of amides is 3. The molecule has 1 heterocycles. The number of hydrogen-bond donors (Lipinski definition) is 4. The van der Waals surface area contributed by atoms with Crippen molar-refractivity contribution >= 4 is 34.2 Å². The van der Waals surface area contributed by atoms with Crippen molar-refractivity contribution in [2.24, 2.45) is 11.1 Å². The van der Waals surface area contributed by atoms with Gasteiger partial charge in [0.1, 0.15) is 23.8 Å². The molecule has 40 heavy (non-hydrogen) atoms. The van der Waals surface area contributed by atoms with Gasteiger partial charge in [0.15, 0.2) is 0 Å². The number of benzene rings is 3. The van der Waals surface area contributed by atoms with E-state index in [2.05, 4.69) is 10.6 Å². The number of fused-ring (bicyclic) bond motifs is 1. The highest BCUT2D eigenvalue weighted by Crippen LogP contribution is 2.32. The lowest BCUT2D eigenvalue weighted by Gasteiger charge is -2.43. The largest absolute Gasteiger partial charge is 0.491 e. The molecule has 0 aliphatic carbocycles. The Labute approximate surface area is 234 Å². The van der Waals surface area contributed by atoms with Crippen molar-refractivity contribution in [3.8, 4) is 5.75 Å². The number of ether oxygens (including phenoxy) is 1. The minimum atomic E-state index is -1.23. The van der Waals surface area contributed by atoms with Crippen molar-refractivity contribution in [2.75, 3.05) is 26.7 Å². The molecule has 4 rings (SSSR count). The van der Waals surface area contributed by atoms with Crippen molar-refractivity contribution in [1.29, 1.82) is 5.41 Å². The Morgan fingerprint density at radius 2 is 1.73 bits per heavy atom. The molecular formula is C31H37N5O4. The van der Waals surface area contributed by atoms with Crippen LogP contribution in [-0.2, 0) is 20.8 Å². The maximum absolute atomic E-state index is 13.9. The van der Waals surface area contributed by atoms with Crippen LogP contribution in [0.1, 0.15) is 25.8 Å². The predicted octanol–water partition coefficient (Wildman–Crippen LogP) is 2.67. The minimum absolute atomic E-state index is 0.00754. The Morgan fingerprint density at radius 3 is 2.40 bits per heavy atom. The lowest BCUT2D eigenvalue weighted by molar-refractivity contribution is -0.141. The topological polar surface area (TPSA) is 138 Å². The Morgan fingerprint density at radius 1 is 1.05 bits per heavy atom. The molecule has 0 saturated carbocycles. The van der Waals surface area contributed by atoms with Crippen LogP contribution in [0.2, 0.25) is 0 Å². The molecule has 0 spiro atoms. The quantitative estimate of drug-likeness (QED) is 0.329. The number of carbonyl (C=O) groups excluding carboxylic acids is 3. The van der Waals surface area contributed by atoms with E-state index < -0.39 is 28.8 Å². The summed E-state index contributed by atoms with van der Waals surface area (Å²) in [4.78, 5) is 41.6. The van der Waals surface area contributed by atoms with Gasteiger partial charge in [-0.15, -0.1) is 0 Å². The van der Waals surface area contributed by atoms with Crippen molar-refractivity contribution in [2.45, 2.75) is 38.3 Å². The Bertz CT molecular complexity index is 1390. The zero-order chi connectivity index (χ0) is 28.9. The van der Waals surface area contributed by atoms with Crippen molar-refractivity contribution in [3.05, 3.63) is 78.4 Å². The van der Waals surface area contributed by atoms with Gasteiger partial charge in [0.2, 0.25) is 17.7 Å². The van der Waals surface area contributed by atoms with Crippen LogP contribution >= 0.6 is 0 Å². The average molecular weight is 544 g/mol. The van der Waals surface area contributed by atoms with E-state index in [4.69, 9.17) is 15.9 Å². The summed E-state index contributed by atoms with van der Waals surface area (Å²) in [5.74, 6) is -0.663. The minimum Gasteiger partial charge on any atom is -0.491 e. The SMILES string of the molecule is CNC(=O)[C@]1(Cc2ccccc2)CN(C(=O)[C@@H](COc2ccc3ccccc3c2)NC(=O)C(C)(C)N)CCC1=N. The first-order valence-electron chi connectivity index (χ1n) is 13.4. The maximum Gasteiger partial charge on any atom is 0.248 e. The fourth-order valence-corrected chi connectivity index (χ4v) is 4.99. The number of nitrogens with zero attached hydrogens (tertiary/aromatic N) is 1. The number of piperidine rings is 1. The summed E-state index contributed by atoms with van der Waals surface area (Å²) < 4.78 is 6.01. The van der Waals surface area contributed by atoms with E-state index in [1.54, 1.807) is 18.7 Å². The van der Waals surface area contributed by atoms with Crippen LogP contribution in [0.25, 0.3) is 10.8 Å². The normalized spacial score (nSPS) is 18.2. The monoisotopic (exact) mass is 543 g/mol. The van der Waals surface area contributed by atoms with Gasteiger partial charge in [0, 0.05) is 32.3 Å². The summed E-state index contributed by atoms with van der Waals surface area (Å²) in [6.07, 6.45) is 0.511. The zero-order valence-corrected chi connectivity index (χ0v) is 23.2. The summed E-state index contributed by atoms with van der Waals surface area (Å²) in [7, 11) is 1.53. The van der Waals surface area contributed by atoms with Crippen LogP contribution in [0.15, 0.2) is 72.8 Å². The first kappa shape index (κ1) is 28.8. The molecular weight excluding hydrogens is 506 g/mol. The van der Waals surface area contributed by atoms with Gasteiger partial charge in [0.25, 0.3) is 0 Å². The molecule has 1 aliphatic heterocycles. The predicted molar refractivity (Wildman–Crippen MR) is 155 cm³/mol. The van der Waals surface area contributed by atoms with Crippen LogP contribution in [0, 0.1) is 10.8 Å². The highest BCUT2D eigenvalue weighted by molar-refractivity contribution is 6.09. The van der Waals surface area contributed by atoms with E-state index in [-0.39, 0.29) is 44.2 Å². The summed E-state index contributed by atoms with van der Waals surface area (Å²) in [5, 5.41) is 16.3. The van der Waals surface area contributed by atoms with E-state index >= 15 is 0 Å².